The Morgan fingerprint density at radius 2 is 1.30 bits per heavy atom. The summed E-state index contributed by atoms with van der Waals surface area (Å²) < 4.78 is 0. The van der Waals surface area contributed by atoms with E-state index in [9.17, 15) is 9.59 Å². The van der Waals surface area contributed by atoms with Crippen LogP contribution in [0.2, 0.25) is 0 Å². The molecule has 0 aromatic rings. The fourth-order valence-corrected chi connectivity index (χ4v) is 2.14. The second kappa shape index (κ2) is 1.91. The van der Waals surface area contributed by atoms with E-state index in [0.717, 1.165) is 12.8 Å². The molecule has 0 aliphatic heterocycles. The van der Waals surface area contributed by atoms with Gasteiger partial charge in [-0.2, -0.15) is 0 Å². The molecule has 2 saturated carbocycles. The van der Waals surface area contributed by atoms with Crippen LogP contribution in [-0.2, 0) is 9.59 Å². The van der Waals surface area contributed by atoms with Gasteiger partial charge in [-0.1, -0.05) is 0 Å². The Hall–Kier alpha value is -0.660. The van der Waals surface area contributed by atoms with Crippen LogP contribution in [-0.4, -0.2) is 11.6 Å². The van der Waals surface area contributed by atoms with E-state index in [4.69, 9.17) is 0 Å². The van der Waals surface area contributed by atoms with Gasteiger partial charge in [0.2, 0.25) is 0 Å². The Morgan fingerprint density at radius 3 is 1.70 bits per heavy atom. The van der Waals surface area contributed by atoms with Crippen molar-refractivity contribution < 1.29 is 9.59 Å². The van der Waals surface area contributed by atoms with E-state index in [1.54, 1.807) is 0 Å². The number of hydrogen-bond acceptors (Lipinski definition) is 2. The summed E-state index contributed by atoms with van der Waals surface area (Å²) in [6.45, 7) is 0. The molecule has 0 unspecified atom stereocenters. The molecule has 10 heavy (non-hydrogen) atoms. The Kier molecular flexibility index (Phi) is 1.16. The summed E-state index contributed by atoms with van der Waals surface area (Å²) in [5, 5.41) is 0. The van der Waals surface area contributed by atoms with E-state index in [1.165, 1.54) is 0 Å². The first kappa shape index (κ1) is 6.08. The highest BCUT2D eigenvalue weighted by atomic mass is 16.1. The molecule has 2 heteroatoms. The van der Waals surface area contributed by atoms with Crippen molar-refractivity contribution in [2.75, 3.05) is 0 Å². The van der Waals surface area contributed by atoms with Crippen LogP contribution in [0.15, 0.2) is 0 Å². The minimum absolute atomic E-state index is 0.132. The van der Waals surface area contributed by atoms with Crippen LogP contribution in [0.4, 0.5) is 0 Å². The summed E-state index contributed by atoms with van der Waals surface area (Å²) >= 11 is 0. The maximum Gasteiger partial charge on any atom is 0.136 e. The number of hydrogen-bond donors (Lipinski definition) is 0. The number of Topliss-reactive ketones (excluding diaryl/α,β-unsaturated/α-hetero) is 2. The van der Waals surface area contributed by atoms with Crippen molar-refractivity contribution in [1.82, 2.24) is 0 Å². The van der Waals surface area contributed by atoms with Crippen LogP contribution in [0.5, 0.6) is 0 Å². The van der Waals surface area contributed by atoms with E-state index in [2.05, 4.69) is 0 Å². The Bertz CT molecular complexity index is 173. The summed E-state index contributed by atoms with van der Waals surface area (Å²) in [5.41, 5.74) is 0. The number of carbonyl (C=O) groups is 2. The molecule has 54 valence electrons. The number of ketones is 2. The van der Waals surface area contributed by atoms with Gasteiger partial charge < -0.3 is 0 Å². The average molecular weight is 138 g/mol. The molecular weight excluding hydrogens is 128 g/mol. The van der Waals surface area contributed by atoms with Crippen LogP contribution in [0, 0.1) is 11.8 Å². The molecule has 0 amide bonds. The quantitative estimate of drug-likeness (QED) is 0.499. The van der Waals surface area contributed by atoms with Crippen molar-refractivity contribution in [1.29, 1.82) is 0 Å². The van der Waals surface area contributed by atoms with Crippen molar-refractivity contribution in [2.24, 2.45) is 11.8 Å². The molecule has 0 aromatic heterocycles. The van der Waals surface area contributed by atoms with Gasteiger partial charge >= 0.3 is 0 Å². The second-order valence-electron chi connectivity index (χ2n) is 3.22. The van der Waals surface area contributed by atoms with Gasteiger partial charge in [0.05, 0.1) is 0 Å². The molecular formula is C8H10O2. The molecule has 2 nitrogen and oxygen atoms in total. The first-order valence-electron chi connectivity index (χ1n) is 3.84. The number of fused-ring (bicyclic) bond motifs is 1. The van der Waals surface area contributed by atoms with Crippen molar-refractivity contribution in [2.45, 2.75) is 25.7 Å². The fourth-order valence-electron chi connectivity index (χ4n) is 2.14. The van der Waals surface area contributed by atoms with Crippen LogP contribution in [0.25, 0.3) is 0 Å². The van der Waals surface area contributed by atoms with E-state index in [1.807, 2.05) is 0 Å². The zero-order valence-corrected chi connectivity index (χ0v) is 5.80. The molecule has 2 atom stereocenters. The van der Waals surface area contributed by atoms with Crippen molar-refractivity contribution in [3.05, 3.63) is 0 Å². The molecule has 0 saturated heterocycles. The van der Waals surface area contributed by atoms with Gasteiger partial charge in [0.15, 0.2) is 0 Å². The SMILES string of the molecule is O=C1CC[C@@H]2C(=O)CC[C@H]12. The molecule has 2 rings (SSSR count). The summed E-state index contributed by atoms with van der Waals surface area (Å²) in [6, 6.07) is 0. The Balaban J connectivity index is 2.24. The van der Waals surface area contributed by atoms with E-state index >= 15 is 0 Å². The maximum atomic E-state index is 11.0. The van der Waals surface area contributed by atoms with Crippen LogP contribution in [0.3, 0.4) is 0 Å². The van der Waals surface area contributed by atoms with Crippen LogP contribution in [0.1, 0.15) is 25.7 Å². The highest BCUT2D eigenvalue weighted by molar-refractivity contribution is 5.95. The van der Waals surface area contributed by atoms with Gasteiger partial charge in [0.1, 0.15) is 11.6 Å². The molecule has 2 aliphatic carbocycles. The van der Waals surface area contributed by atoms with Crippen molar-refractivity contribution >= 4 is 11.6 Å². The standard InChI is InChI=1S/C8H10O2/c9-7-3-1-5-6(7)2-4-8(5)10/h5-6H,1-4H2/t5-,6-/m0/s1. The van der Waals surface area contributed by atoms with Gasteiger partial charge in [0, 0.05) is 24.7 Å². The Morgan fingerprint density at radius 1 is 0.900 bits per heavy atom. The highest BCUT2D eigenvalue weighted by Gasteiger charge is 2.43. The summed E-state index contributed by atoms with van der Waals surface area (Å²) in [6.07, 6.45) is 2.98. The zero-order chi connectivity index (χ0) is 7.14. The van der Waals surface area contributed by atoms with E-state index < -0.39 is 0 Å². The average Bonchev–Trinajstić information content (AvgIpc) is 2.41. The summed E-state index contributed by atoms with van der Waals surface area (Å²) in [5.74, 6) is 0.923. The van der Waals surface area contributed by atoms with Crippen LogP contribution >= 0.6 is 0 Å². The topological polar surface area (TPSA) is 34.1 Å². The lowest BCUT2D eigenvalue weighted by Gasteiger charge is -2.01. The molecule has 0 heterocycles. The predicted molar refractivity (Wildman–Crippen MR) is 35.5 cm³/mol. The normalized spacial score (nSPS) is 38.8. The molecule has 0 aromatic carbocycles. The lowest BCUT2D eigenvalue weighted by molar-refractivity contribution is -0.124. The van der Waals surface area contributed by atoms with Gasteiger partial charge in [-0.25, -0.2) is 0 Å². The Labute approximate surface area is 59.6 Å². The lowest BCUT2D eigenvalue weighted by Crippen LogP contribution is -2.11. The number of carbonyl (C=O) groups excluding carboxylic acids is 2. The highest BCUT2D eigenvalue weighted by Crippen LogP contribution is 2.39. The maximum absolute atomic E-state index is 11.0. The van der Waals surface area contributed by atoms with Gasteiger partial charge in [-0.05, 0) is 12.8 Å². The van der Waals surface area contributed by atoms with E-state index in [-0.39, 0.29) is 11.8 Å². The second-order valence-corrected chi connectivity index (χ2v) is 3.22. The monoisotopic (exact) mass is 138 g/mol. The lowest BCUT2D eigenvalue weighted by atomic mass is 10.00. The van der Waals surface area contributed by atoms with E-state index in [0.29, 0.717) is 24.4 Å². The summed E-state index contributed by atoms with van der Waals surface area (Å²) in [4.78, 5) is 22.1. The first-order chi connectivity index (χ1) is 4.79. The first-order valence-corrected chi connectivity index (χ1v) is 3.84. The molecule has 0 N–H and O–H groups in total. The molecule has 0 radical (unpaired) electrons. The number of rotatable bonds is 0. The van der Waals surface area contributed by atoms with Crippen LogP contribution < -0.4 is 0 Å². The van der Waals surface area contributed by atoms with Gasteiger partial charge in [0.25, 0.3) is 0 Å². The van der Waals surface area contributed by atoms with Crippen molar-refractivity contribution in [3.8, 4) is 0 Å². The molecule has 2 fully saturated rings. The smallest absolute Gasteiger partial charge is 0.136 e. The van der Waals surface area contributed by atoms with Crippen molar-refractivity contribution in [3.63, 3.8) is 0 Å². The zero-order valence-electron chi connectivity index (χ0n) is 5.80. The third-order valence-electron chi connectivity index (χ3n) is 2.72. The molecule has 0 bridgehead atoms. The minimum Gasteiger partial charge on any atom is -0.299 e. The fraction of sp³-hybridized carbons (Fsp3) is 0.750. The minimum atomic E-state index is 0.132. The van der Waals surface area contributed by atoms with Gasteiger partial charge in [-0.3, -0.25) is 9.59 Å². The third kappa shape index (κ3) is 0.648. The third-order valence-corrected chi connectivity index (χ3v) is 2.72. The summed E-state index contributed by atoms with van der Waals surface area (Å²) in [7, 11) is 0. The predicted octanol–water partition coefficient (Wildman–Crippen LogP) is 0.945. The largest absolute Gasteiger partial charge is 0.299 e. The molecule has 2 aliphatic rings. The molecule has 0 spiro atoms. The van der Waals surface area contributed by atoms with Gasteiger partial charge in [-0.15, -0.1) is 0 Å².